The number of aryl methyl sites for hydroxylation is 2. The Kier molecular flexibility index (Phi) is 4.97. The van der Waals surface area contributed by atoms with Crippen LogP contribution in [0.4, 0.5) is 19.0 Å². The molecule has 1 N–H and O–H groups in total. The molecule has 0 aliphatic heterocycles. The van der Waals surface area contributed by atoms with Crippen molar-refractivity contribution in [3.05, 3.63) is 22.9 Å². The van der Waals surface area contributed by atoms with E-state index >= 15 is 0 Å². The Morgan fingerprint density at radius 3 is 2.45 bits per heavy atom. The third-order valence-electron chi connectivity index (χ3n) is 2.70. The first-order chi connectivity index (χ1) is 9.15. The molecule has 20 heavy (non-hydrogen) atoms. The van der Waals surface area contributed by atoms with E-state index in [0.717, 1.165) is 4.90 Å². The minimum Gasteiger partial charge on any atom is -0.478 e. The highest BCUT2D eigenvalue weighted by molar-refractivity contribution is 5.95. The van der Waals surface area contributed by atoms with E-state index in [1.807, 2.05) is 0 Å². The van der Waals surface area contributed by atoms with Gasteiger partial charge in [-0.2, -0.15) is 13.2 Å². The van der Waals surface area contributed by atoms with E-state index in [9.17, 15) is 23.1 Å². The Labute approximate surface area is 115 Å². The molecule has 1 aromatic heterocycles. The highest BCUT2D eigenvalue weighted by Crippen LogP contribution is 2.26. The van der Waals surface area contributed by atoms with Crippen molar-refractivity contribution in [1.82, 2.24) is 4.98 Å². The van der Waals surface area contributed by atoms with Crippen molar-refractivity contribution >= 4 is 11.8 Å². The van der Waals surface area contributed by atoms with Gasteiger partial charge in [0, 0.05) is 12.2 Å². The second-order valence-corrected chi connectivity index (χ2v) is 4.62. The van der Waals surface area contributed by atoms with Crippen LogP contribution in [0.3, 0.4) is 0 Å². The van der Waals surface area contributed by atoms with Crippen LogP contribution < -0.4 is 4.90 Å². The number of aromatic nitrogens is 1. The summed E-state index contributed by atoms with van der Waals surface area (Å²) >= 11 is 0. The zero-order chi connectivity index (χ0) is 15.5. The topological polar surface area (TPSA) is 53.4 Å². The molecule has 1 aromatic rings. The van der Waals surface area contributed by atoms with Gasteiger partial charge in [-0.1, -0.05) is 6.92 Å². The molecule has 0 radical (unpaired) electrons. The molecule has 112 valence electrons. The summed E-state index contributed by atoms with van der Waals surface area (Å²) in [5.41, 5.74) is 0.724. The molecule has 0 aliphatic rings. The molecule has 4 nitrogen and oxygen atoms in total. The fourth-order valence-electron chi connectivity index (χ4n) is 2.06. The Morgan fingerprint density at radius 2 is 2.00 bits per heavy atom. The Balaban J connectivity index is 3.34. The van der Waals surface area contributed by atoms with Crippen molar-refractivity contribution in [2.45, 2.75) is 33.4 Å². The molecular weight excluding hydrogens is 273 g/mol. The number of pyridine rings is 1. The van der Waals surface area contributed by atoms with Gasteiger partial charge in [0.2, 0.25) is 0 Å². The van der Waals surface area contributed by atoms with Crippen LogP contribution in [0.5, 0.6) is 0 Å². The maximum absolute atomic E-state index is 12.6. The van der Waals surface area contributed by atoms with E-state index in [-0.39, 0.29) is 17.9 Å². The van der Waals surface area contributed by atoms with Gasteiger partial charge in [0.25, 0.3) is 0 Å². The zero-order valence-electron chi connectivity index (χ0n) is 11.6. The van der Waals surface area contributed by atoms with Gasteiger partial charge in [-0.25, -0.2) is 9.78 Å². The number of nitrogens with zero attached hydrogens (tertiary/aromatic N) is 2. The van der Waals surface area contributed by atoms with Crippen molar-refractivity contribution in [2.75, 3.05) is 18.0 Å². The van der Waals surface area contributed by atoms with Gasteiger partial charge in [-0.05, 0) is 31.9 Å². The van der Waals surface area contributed by atoms with Crippen LogP contribution in [0.15, 0.2) is 6.07 Å². The van der Waals surface area contributed by atoms with E-state index in [2.05, 4.69) is 4.98 Å². The number of carbonyl (C=O) groups is 1. The average molecular weight is 290 g/mol. The Morgan fingerprint density at radius 1 is 1.40 bits per heavy atom. The Hall–Kier alpha value is -1.79. The first kappa shape index (κ1) is 16.3. The SMILES string of the molecule is CCCN(CC(F)(F)F)c1nc(C)cc(C)c1C(=O)O. The summed E-state index contributed by atoms with van der Waals surface area (Å²) in [6, 6.07) is 1.55. The van der Waals surface area contributed by atoms with Crippen LogP contribution in [-0.2, 0) is 0 Å². The third kappa shape index (κ3) is 4.11. The smallest absolute Gasteiger partial charge is 0.405 e. The van der Waals surface area contributed by atoms with Gasteiger partial charge < -0.3 is 10.0 Å². The van der Waals surface area contributed by atoms with E-state index in [1.54, 1.807) is 26.8 Å². The molecule has 0 spiro atoms. The highest BCUT2D eigenvalue weighted by Gasteiger charge is 2.33. The molecule has 0 saturated heterocycles. The lowest BCUT2D eigenvalue weighted by molar-refractivity contribution is -0.119. The Bertz CT molecular complexity index is 501. The molecule has 1 rings (SSSR count). The van der Waals surface area contributed by atoms with Gasteiger partial charge in [-0.3, -0.25) is 0 Å². The number of rotatable bonds is 5. The summed E-state index contributed by atoms with van der Waals surface area (Å²) in [7, 11) is 0. The number of alkyl halides is 3. The lowest BCUT2D eigenvalue weighted by Crippen LogP contribution is -2.36. The minimum atomic E-state index is -4.41. The predicted molar refractivity (Wildman–Crippen MR) is 69.2 cm³/mol. The number of anilines is 1. The van der Waals surface area contributed by atoms with Crippen molar-refractivity contribution in [3.63, 3.8) is 0 Å². The summed E-state index contributed by atoms with van der Waals surface area (Å²) in [5.74, 6) is -1.39. The molecule has 0 aliphatic carbocycles. The van der Waals surface area contributed by atoms with Crippen LogP contribution in [0.1, 0.15) is 35.0 Å². The maximum Gasteiger partial charge on any atom is 0.405 e. The highest BCUT2D eigenvalue weighted by atomic mass is 19.4. The molecule has 0 fully saturated rings. The molecule has 1 heterocycles. The molecule has 0 unspecified atom stereocenters. The van der Waals surface area contributed by atoms with Crippen molar-refractivity contribution < 1.29 is 23.1 Å². The second kappa shape index (κ2) is 6.11. The van der Waals surface area contributed by atoms with Crippen molar-refractivity contribution in [1.29, 1.82) is 0 Å². The summed E-state index contributed by atoms with van der Waals surface area (Å²) in [5, 5.41) is 9.20. The first-order valence-corrected chi connectivity index (χ1v) is 6.19. The fraction of sp³-hybridized carbons (Fsp3) is 0.538. The number of aromatic carboxylic acids is 1. The van der Waals surface area contributed by atoms with Crippen LogP contribution >= 0.6 is 0 Å². The minimum absolute atomic E-state index is 0.0929. The lowest BCUT2D eigenvalue weighted by atomic mass is 10.1. The summed E-state index contributed by atoms with van der Waals surface area (Å²) < 4.78 is 37.9. The van der Waals surface area contributed by atoms with Crippen molar-refractivity contribution in [3.8, 4) is 0 Å². The van der Waals surface area contributed by atoms with Gasteiger partial charge in [0.15, 0.2) is 0 Å². The van der Waals surface area contributed by atoms with Gasteiger partial charge >= 0.3 is 12.1 Å². The van der Waals surface area contributed by atoms with Gasteiger partial charge in [0.1, 0.15) is 17.9 Å². The second-order valence-electron chi connectivity index (χ2n) is 4.62. The molecule has 0 amide bonds. The largest absolute Gasteiger partial charge is 0.478 e. The summed E-state index contributed by atoms with van der Waals surface area (Å²) in [6.07, 6.45) is -3.95. The molecular formula is C13H17F3N2O2. The zero-order valence-corrected chi connectivity index (χ0v) is 11.6. The lowest BCUT2D eigenvalue weighted by Gasteiger charge is -2.26. The number of halogens is 3. The van der Waals surface area contributed by atoms with Crippen LogP contribution in [0.2, 0.25) is 0 Å². The van der Waals surface area contributed by atoms with E-state index in [1.165, 1.54) is 0 Å². The van der Waals surface area contributed by atoms with Crippen LogP contribution in [0, 0.1) is 13.8 Å². The molecule has 7 heteroatoms. The maximum atomic E-state index is 12.6. The summed E-state index contributed by atoms with van der Waals surface area (Å²) in [4.78, 5) is 16.3. The molecule has 0 atom stereocenters. The third-order valence-corrected chi connectivity index (χ3v) is 2.70. The fourth-order valence-corrected chi connectivity index (χ4v) is 2.06. The van der Waals surface area contributed by atoms with Crippen molar-refractivity contribution in [2.24, 2.45) is 0 Å². The number of carboxylic acids is 1. The average Bonchev–Trinajstić information content (AvgIpc) is 2.24. The van der Waals surface area contributed by atoms with Gasteiger partial charge in [-0.15, -0.1) is 0 Å². The first-order valence-electron chi connectivity index (χ1n) is 6.19. The number of hydrogen-bond donors (Lipinski definition) is 1. The number of hydrogen-bond acceptors (Lipinski definition) is 3. The quantitative estimate of drug-likeness (QED) is 0.905. The predicted octanol–water partition coefficient (Wildman–Crippen LogP) is 3.18. The normalized spacial score (nSPS) is 11.5. The van der Waals surface area contributed by atoms with E-state index in [0.29, 0.717) is 17.7 Å². The van der Waals surface area contributed by atoms with E-state index in [4.69, 9.17) is 0 Å². The van der Waals surface area contributed by atoms with Gasteiger partial charge in [0.05, 0.1) is 0 Å². The van der Waals surface area contributed by atoms with Crippen LogP contribution in [0.25, 0.3) is 0 Å². The van der Waals surface area contributed by atoms with Crippen LogP contribution in [-0.4, -0.2) is 35.3 Å². The standard InChI is InChI=1S/C13H17F3N2O2/c1-4-5-18(7-13(14,15)16)11-10(12(19)20)8(2)6-9(3)17-11/h6H,4-5,7H2,1-3H3,(H,19,20). The monoisotopic (exact) mass is 290 g/mol. The summed E-state index contributed by atoms with van der Waals surface area (Å²) in [6.45, 7) is 3.79. The molecule has 0 saturated carbocycles. The molecule has 0 bridgehead atoms. The number of carboxylic acid groups (broad SMARTS) is 1. The van der Waals surface area contributed by atoms with E-state index < -0.39 is 18.7 Å². The molecule has 0 aromatic carbocycles.